The van der Waals surface area contributed by atoms with Crippen molar-refractivity contribution < 1.29 is 14.3 Å². The van der Waals surface area contributed by atoms with E-state index >= 15 is 0 Å². The van der Waals surface area contributed by atoms with Gasteiger partial charge in [0.25, 0.3) is 5.91 Å². The van der Waals surface area contributed by atoms with E-state index < -0.39 is 11.7 Å². The molecule has 2 bridgehead atoms. The highest BCUT2D eigenvalue weighted by Gasteiger charge is 2.49. The smallest absolute Gasteiger partial charge is 0.295 e. The average molecular weight is 449 g/mol. The van der Waals surface area contributed by atoms with Gasteiger partial charge in [-0.05, 0) is 60.4 Å². The fraction of sp³-hybridized carbons (Fsp3) is 0.423. The van der Waals surface area contributed by atoms with Crippen molar-refractivity contribution in [2.45, 2.75) is 52.7 Å². The fourth-order valence-corrected chi connectivity index (χ4v) is 6.18. The number of hydrogen-bond donors (Lipinski definition) is 1. The maximum absolute atomic E-state index is 13.1. The van der Waals surface area contributed by atoms with E-state index in [4.69, 9.17) is 0 Å². The van der Waals surface area contributed by atoms with Gasteiger partial charge in [0.2, 0.25) is 5.88 Å². The molecule has 0 spiro atoms. The lowest BCUT2D eigenvalue weighted by atomic mass is 9.65. The Balaban J connectivity index is 1.46. The van der Waals surface area contributed by atoms with Gasteiger partial charge in [-0.25, -0.2) is 4.39 Å². The van der Waals surface area contributed by atoms with Crippen molar-refractivity contribution in [2.24, 2.45) is 21.1 Å². The highest BCUT2D eigenvalue weighted by Crippen LogP contribution is 2.53. The SMILES string of the molecule is CC1(C)C[C@@H]2C[C@](C)(CN2Cn2c(O)c(N=NC(=O)c3ccc(F)cc3)c3ccccc32)C1. The van der Waals surface area contributed by atoms with E-state index in [9.17, 15) is 14.3 Å². The summed E-state index contributed by atoms with van der Waals surface area (Å²) in [4.78, 5) is 14.9. The first kappa shape index (κ1) is 21.8. The van der Waals surface area contributed by atoms with Crippen LogP contribution in [0.1, 0.15) is 50.4 Å². The lowest BCUT2D eigenvalue weighted by Crippen LogP contribution is -2.35. The summed E-state index contributed by atoms with van der Waals surface area (Å²) < 4.78 is 15.0. The molecule has 1 saturated heterocycles. The summed E-state index contributed by atoms with van der Waals surface area (Å²) in [6.07, 6.45) is 3.52. The van der Waals surface area contributed by atoms with Crippen molar-refractivity contribution in [1.82, 2.24) is 9.47 Å². The number of nitrogens with zero attached hydrogens (tertiary/aromatic N) is 4. The van der Waals surface area contributed by atoms with Gasteiger partial charge >= 0.3 is 0 Å². The molecule has 1 N–H and O–H groups in total. The third kappa shape index (κ3) is 4.06. The molecule has 2 aromatic carbocycles. The first-order chi connectivity index (χ1) is 15.6. The van der Waals surface area contributed by atoms with Gasteiger partial charge in [0.05, 0.1) is 12.2 Å². The summed E-state index contributed by atoms with van der Waals surface area (Å²) in [5, 5.41) is 19.8. The largest absolute Gasteiger partial charge is 0.493 e. The summed E-state index contributed by atoms with van der Waals surface area (Å²) in [6.45, 7) is 8.62. The number of amides is 1. The van der Waals surface area contributed by atoms with Crippen molar-refractivity contribution in [2.75, 3.05) is 6.54 Å². The van der Waals surface area contributed by atoms with E-state index in [0.29, 0.717) is 18.1 Å². The number of fused-ring (bicyclic) bond motifs is 3. The van der Waals surface area contributed by atoms with Gasteiger partial charge in [0, 0.05) is 23.5 Å². The van der Waals surface area contributed by atoms with Crippen molar-refractivity contribution in [3.05, 3.63) is 59.9 Å². The van der Waals surface area contributed by atoms with Gasteiger partial charge in [-0.3, -0.25) is 14.3 Å². The van der Waals surface area contributed by atoms with E-state index in [1.54, 1.807) is 0 Å². The fourth-order valence-electron chi connectivity index (χ4n) is 6.18. The summed E-state index contributed by atoms with van der Waals surface area (Å²) in [5.41, 5.74) is 1.96. The van der Waals surface area contributed by atoms with Gasteiger partial charge in [-0.15, -0.1) is 10.2 Å². The van der Waals surface area contributed by atoms with Gasteiger partial charge in [-0.1, -0.05) is 39.0 Å². The predicted molar refractivity (Wildman–Crippen MR) is 125 cm³/mol. The number of azo groups is 1. The normalized spacial score (nSPS) is 24.7. The van der Waals surface area contributed by atoms with Crippen LogP contribution in [-0.2, 0) is 6.67 Å². The summed E-state index contributed by atoms with van der Waals surface area (Å²) in [7, 11) is 0. The van der Waals surface area contributed by atoms with Crippen LogP contribution < -0.4 is 0 Å². The molecule has 1 amide bonds. The van der Waals surface area contributed by atoms with Crippen LogP contribution in [-0.4, -0.2) is 33.1 Å². The molecule has 1 aromatic heterocycles. The second kappa shape index (κ2) is 7.76. The van der Waals surface area contributed by atoms with Crippen molar-refractivity contribution >= 4 is 22.5 Å². The number of aromatic nitrogens is 1. The van der Waals surface area contributed by atoms with Gasteiger partial charge < -0.3 is 5.11 Å². The molecule has 2 aliphatic rings. The molecule has 0 unspecified atom stereocenters. The highest BCUT2D eigenvalue weighted by atomic mass is 19.1. The molecule has 1 saturated carbocycles. The van der Waals surface area contributed by atoms with Gasteiger partial charge in [0.15, 0.2) is 5.69 Å². The van der Waals surface area contributed by atoms with E-state index in [1.807, 2.05) is 28.8 Å². The van der Waals surface area contributed by atoms with Crippen LogP contribution in [0.25, 0.3) is 10.9 Å². The molecule has 1 aliphatic heterocycles. The quantitative estimate of drug-likeness (QED) is 0.478. The standard InChI is InChI=1S/C26H29FN4O2/c1-25(2)12-19-13-26(3,14-25)15-30(19)16-31-21-7-5-4-6-20(21)22(24(31)33)28-29-23(32)17-8-10-18(27)11-9-17/h4-11,19,33H,12-16H2,1-3H3/t19-,26+/m1/s1. The zero-order valence-electron chi connectivity index (χ0n) is 19.3. The minimum absolute atomic E-state index is 0.00211. The van der Waals surface area contributed by atoms with Crippen molar-refractivity contribution in [1.29, 1.82) is 0 Å². The Morgan fingerprint density at radius 3 is 2.61 bits per heavy atom. The zero-order valence-corrected chi connectivity index (χ0v) is 19.3. The molecule has 3 aromatic rings. The third-order valence-electron chi connectivity index (χ3n) is 7.10. The Kier molecular flexibility index (Phi) is 5.12. The maximum atomic E-state index is 13.1. The molecule has 2 atom stereocenters. The molecule has 2 fully saturated rings. The molecule has 7 heteroatoms. The molecular weight excluding hydrogens is 419 g/mol. The zero-order chi connectivity index (χ0) is 23.4. The van der Waals surface area contributed by atoms with Crippen molar-refractivity contribution in [3.8, 4) is 5.88 Å². The number of carbonyl (C=O) groups excluding carboxylic acids is 1. The predicted octanol–water partition coefficient (Wildman–Crippen LogP) is 6.27. The van der Waals surface area contributed by atoms with Crippen LogP contribution in [0.3, 0.4) is 0 Å². The highest BCUT2D eigenvalue weighted by molar-refractivity contribution is 5.97. The Bertz CT molecular complexity index is 1250. The molecule has 2 heterocycles. The lowest BCUT2D eigenvalue weighted by Gasteiger charge is -2.40. The number of aromatic hydroxyl groups is 1. The van der Waals surface area contributed by atoms with E-state index in [1.165, 1.54) is 37.1 Å². The number of rotatable bonds is 4. The van der Waals surface area contributed by atoms with E-state index in [2.05, 4.69) is 35.9 Å². The summed E-state index contributed by atoms with van der Waals surface area (Å²) >= 11 is 0. The summed E-state index contributed by atoms with van der Waals surface area (Å²) in [6, 6.07) is 13.2. The van der Waals surface area contributed by atoms with Crippen LogP contribution in [0.5, 0.6) is 5.88 Å². The first-order valence-electron chi connectivity index (χ1n) is 11.4. The minimum atomic E-state index is -0.588. The Morgan fingerprint density at radius 1 is 1.12 bits per heavy atom. The van der Waals surface area contributed by atoms with E-state index in [-0.39, 0.29) is 22.5 Å². The molecule has 5 rings (SSSR count). The topological polar surface area (TPSA) is 70.2 Å². The van der Waals surface area contributed by atoms with Crippen LogP contribution in [0.15, 0.2) is 58.8 Å². The monoisotopic (exact) mass is 448 g/mol. The molecule has 6 nitrogen and oxygen atoms in total. The Hall–Kier alpha value is -3.06. The number of benzene rings is 2. The van der Waals surface area contributed by atoms with E-state index in [0.717, 1.165) is 23.9 Å². The van der Waals surface area contributed by atoms with Crippen LogP contribution in [0.2, 0.25) is 0 Å². The number of para-hydroxylation sites is 1. The number of likely N-dealkylation sites (tertiary alicyclic amines) is 1. The Morgan fingerprint density at radius 2 is 1.85 bits per heavy atom. The molecular formula is C26H29FN4O2. The van der Waals surface area contributed by atoms with Crippen LogP contribution in [0, 0.1) is 16.6 Å². The molecule has 33 heavy (non-hydrogen) atoms. The Labute approximate surface area is 192 Å². The average Bonchev–Trinajstić information content (AvgIpc) is 3.15. The maximum Gasteiger partial charge on any atom is 0.295 e. The summed E-state index contributed by atoms with van der Waals surface area (Å²) in [5.74, 6) is -1.01. The minimum Gasteiger partial charge on any atom is -0.493 e. The van der Waals surface area contributed by atoms with Gasteiger partial charge in [0.1, 0.15) is 5.82 Å². The van der Waals surface area contributed by atoms with Crippen molar-refractivity contribution in [3.63, 3.8) is 0 Å². The number of carbonyl (C=O) groups is 1. The van der Waals surface area contributed by atoms with Crippen LogP contribution in [0.4, 0.5) is 10.1 Å². The molecule has 1 aliphatic carbocycles. The van der Waals surface area contributed by atoms with Gasteiger partial charge in [-0.2, -0.15) is 0 Å². The second-order valence-electron chi connectivity index (χ2n) is 10.7. The number of hydrogen-bond acceptors (Lipinski definition) is 4. The first-order valence-corrected chi connectivity index (χ1v) is 11.4. The third-order valence-corrected chi connectivity index (χ3v) is 7.10. The number of halogens is 1. The second-order valence-corrected chi connectivity index (χ2v) is 10.7. The molecule has 172 valence electrons. The lowest BCUT2D eigenvalue weighted by molar-refractivity contribution is 0.0995. The van der Waals surface area contributed by atoms with Crippen LogP contribution >= 0.6 is 0 Å². The molecule has 0 radical (unpaired) electrons.